The monoisotopic (exact) mass is 454 g/mol. The van der Waals surface area contributed by atoms with Crippen LogP contribution in [-0.2, 0) is 20.2 Å². The molecule has 1 aliphatic rings. The van der Waals surface area contributed by atoms with Gasteiger partial charge in [0.2, 0.25) is 0 Å². The van der Waals surface area contributed by atoms with Crippen molar-refractivity contribution in [2.45, 2.75) is 9.79 Å². The van der Waals surface area contributed by atoms with E-state index in [4.69, 9.17) is 9.11 Å². The normalized spacial score (nSPS) is 15.9. The van der Waals surface area contributed by atoms with Crippen molar-refractivity contribution in [3.63, 3.8) is 0 Å². The molecule has 14 heteroatoms. The summed E-state index contributed by atoms with van der Waals surface area (Å²) in [6, 6.07) is 10.7. The quantitative estimate of drug-likeness (QED) is 0.496. The number of rotatable bonds is 6. The first kappa shape index (κ1) is 21.8. The van der Waals surface area contributed by atoms with Gasteiger partial charge in [-0.25, -0.2) is 0 Å². The van der Waals surface area contributed by atoms with Gasteiger partial charge in [0.05, 0.1) is 47.3 Å². The maximum absolute atomic E-state index is 11.0. The Balaban J connectivity index is 1.51. The summed E-state index contributed by atoms with van der Waals surface area (Å²) >= 11 is 0. The summed E-state index contributed by atoms with van der Waals surface area (Å²) in [7, 11) is -8.48. The maximum Gasteiger partial charge on any atom is 0.294 e. The summed E-state index contributed by atoms with van der Waals surface area (Å²) in [5, 5.41) is 19.7. The van der Waals surface area contributed by atoms with E-state index in [2.05, 4.69) is 20.7 Å². The minimum absolute atomic E-state index is 0.215. The molecule has 1 heterocycles. The molecule has 0 spiro atoms. The van der Waals surface area contributed by atoms with Crippen LogP contribution >= 0.6 is 0 Å². The van der Waals surface area contributed by atoms with Crippen LogP contribution in [0.25, 0.3) is 0 Å². The van der Waals surface area contributed by atoms with Crippen molar-refractivity contribution in [1.82, 2.24) is 10.0 Å². The molecule has 160 valence electrons. The van der Waals surface area contributed by atoms with Crippen molar-refractivity contribution in [1.29, 1.82) is 0 Å². The van der Waals surface area contributed by atoms with Crippen LogP contribution in [0.15, 0.2) is 79.0 Å². The van der Waals surface area contributed by atoms with Gasteiger partial charge in [-0.2, -0.15) is 16.8 Å². The number of hydrogen-bond donors (Lipinski definition) is 2. The average molecular weight is 454 g/mol. The lowest BCUT2D eigenvalue weighted by Crippen LogP contribution is -2.40. The highest BCUT2D eigenvalue weighted by Crippen LogP contribution is 2.19. The molecule has 12 nitrogen and oxygen atoms in total. The molecule has 1 aliphatic heterocycles. The average Bonchev–Trinajstić information content (AvgIpc) is 2.71. The van der Waals surface area contributed by atoms with Gasteiger partial charge in [0.1, 0.15) is 0 Å². The fourth-order valence-electron chi connectivity index (χ4n) is 2.46. The van der Waals surface area contributed by atoms with Crippen LogP contribution in [0.2, 0.25) is 0 Å². The fraction of sp³-hybridized carbons (Fsp3) is 0.250. The summed E-state index contributed by atoms with van der Waals surface area (Å²) in [4.78, 5) is -0.430. The Labute approximate surface area is 173 Å². The minimum atomic E-state index is -4.24. The van der Waals surface area contributed by atoms with Gasteiger partial charge in [-0.15, -0.1) is 10.2 Å². The van der Waals surface area contributed by atoms with Crippen molar-refractivity contribution in [2.75, 3.05) is 26.2 Å². The molecule has 2 aromatic rings. The summed E-state index contributed by atoms with van der Waals surface area (Å²) in [6.07, 6.45) is 0. The SMILES string of the molecule is O=S(=O)(O)c1ccc(N=NN2CCN(N=Nc3ccc(S(=O)(=O)O)cc3)CC2)cc1. The Bertz CT molecular complexity index is 1050. The van der Waals surface area contributed by atoms with Gasteiger partial charge in [-0.3, -0.25) is 19.1 Å². The maximum atomic E-state index is 11.0. The van der Waals surface area contributed by atoms with E-state index >= 15 is 0 Å². The zero-order valence-electron chi connectivity index (χ0n) is 15.5. The standard InChI is InChI=1S/C16H18N6O6S2/c23-29(24,25)15-5-1-13(2-6-15)17-19-21-9-11-22(12-10-21)20-18-14-3-7-16(8-4-14)30(26,27)28/h1-8H,9-12H2,(H,23,24,25)(H,26,27,28). The molecule has 1 fully saturated rings. The number of benzene rings is 2. The van der Waals surface area contributed by atoms with Crippen LogP contribution in [0, 0.1) is 0 Å². The smallest absolute Gasteiger partial charge is 0.282 e. The first-order valence-corrected chi connectivity index (χ1v) is 11.5. The van der Waals surface area contributed by atoms with Crippen molar-refractivity contribution in [3.8, 4) is 0 Å². The van der Waals surface area contributed by atoms with Crippen LogP contribution in [0.4, 0.5) is 11.4 Å². The zero-order chi connectivity index (χ0) is 21.8. The van der Waals surface area contributed by atoms with Gasteiger partial charge in [-0.05, 0) is 48.5 Å². The molecule has 30 heavy (non-hydrogen) atoms. The Kier molecular flexibility index (Phi) is 6.40. The Morgan fingerprint density at radius 1 is 0.600 bits per heavy atom. The molecule has 2 N–H and O–H groups in total. The fourth-order valence-corrected chi connectivity index (χ4v) is 3.42. The highest BCUT2D eigenvalue weighted by atomic mass is 32.2. The lowest BCUT2D eigenvalue weighted by molar-refractivity contribution is 0.126. The Hall–Kier alpha value is -2.94. The van der Waals surface area contributed by atoms with Crippen LogP contribution in [0.1, 0.15) is 0 Å². The van der Waals surface area contributed by atoms with E-state index in [1.165, 1.54) is 48.5 Å². The number of hydrogen-bond acceptors (Lipinski definition) is 8. The van der Waals surface area contributed by atoms with Gasteiger partial charge < -0.3 is 0 Å². The molecular weight excluding hydrogens is 436 g/mol. The molecule has 0 atom stereocenters. The number of piperazine rings is 1. The van der Waals surface area contributed by atoms with E-state index in [0.717, 1.165) is 0 Å². The van der Waals surface area contributed by atoms with Gasteiger partial charge in [0.15, 0.2) is 0 Å². The largest absolute Gasteiger partial charge is 0.294 e. The minimum Gasteiger partial charge on any atom is -0.282 e. The molecule has 0 aromatic heterocycles. The Morgan fingerprint density at radius 3 is 1.17 bits per heavy atom. The van der Waals surface area contributed by atoms with Crippen molar-refractivity contribution >= 4 is 31.6 Å². The third-order valence-electron chi connectivity index (χ3n) is 4.07. The van der Waals surface area contributed by atoms with Crippen LogP contribution < -0.4 is 0 Å². The van der Waals surface area contributed by atoms with Crippen molar-refractivity contribution in [2.24, 2.45) is 20.7 Å². The van der Waals surface area contributed by atoms with Crippen LogP contribution in [-0.4, -0.2) is 62.1 Å². The van der Waals surface area contributed by atoms with E-state index in [1.807, 2.05) is 0 Å². The molecule has 0 radical (unpaired) electrons. The van der Waals surface area contributed by atoms with E-state index in [9.17, 15) is 16.8 Å². The van der Waals surface area contributed by atoms with E-state index in [0.29, 0.717) is 37.6 Å². The second-order valence-corrected chi connectivity index (χ2v) is 9.07. The molecule has 0 unspecified atom stereocenters. The topological polar surface area (TPSA) is 165 Å². The lowest BCUT2D eigenvalue weighted by Gasteiger charge is -2.29. The summed E-state index contributed by atoms with van der Waals surface area (Å²) in [5.74, 6) is 0. The zero-order valence-corrected chi connectivity index (χ0v) is 17.1. The van der Waals surface area contributed by atoms with Crippen molar-refractivity contribution in [3.05, 3.63) is 48.5 Å². The van der Waals surface area contributed by atoms with Crippen molar-refractivity contribution < 1.29 is 25.9 Å². The molecule has 0 bridgehead atoms. The predicted octanol–water partition coefficient (Wildman–Crippen LogP) is 2.50. The van der Waals surface area contributed by atoms with Gasteiger partial charge in [0.25, 0.3) is 20.2 Å². The predicted molar refractivity (Wildman–Crippen MR) is 105 cm³/mol. The lowest BCUT2D eigenvalue weighted by atomic mass is 10.3. The molecule has 1 saturated heterocycles. The van der Waals surface area contributed by atoms with Gasteiger partial charge in [0, 0.05) is 0 Å². The summed E-state index contributed by atoms with van der Waals surface area (Å²) in [5.41, 5.74) is 0.885. The third-order valence-corrected chi connectivity index (χ3v) is 5.81. The van der Waals surface area contributed by atoms with Gasteiger partial charge in [-0.1, -0.05) is 10.4 Å². The van der Waals surface area contributed by atoms with Crippen LogP contribution in [0.3, 0.4) is 0 Å². The van der Waals surface area contributed by atoms with Crippen LogP contribution in [0.5, 0.6) is 0 Å². The summed E-state index contributed by atoms with van der Waals surface area (Å²) < 4.78 is 62.0. The molecule has 0 amide bonds. The highest BCUT2D eigenvalue weighted by Gasteiger charge is 2.15. The second kappa shape index (κ2) is 8.83. The summed E-state index contributed by atoms with van der Waals surface area (Å²) in [6.45, 7) is 2.14. The highest BCUT2D eigenvalue weighted by molar-refractivity contribution is 7.86. The van der Waals surface area contributed by atoms with E-state index in [1.54, 1.807) is 10.0 Å². The van der Waals surface area contributed by atoms with Gasteiger partial charge >= 0.3 is 0 Å². The first-order valence-electron chi connectivity index (χ1n) is 8.59. The third kappa shape index (κ3) is 6.03. The molecule has 0 saturated carbocycles. The first-order chi connectivity index (χ1) is 14.1. The molecule has 0 aliphatic carbocycles. The molecule has 3 rings (SSSR count). The number of nitrogens with zero attached hydrogens (tertiary/aromatic N) is 6. The Morgan fingerprint density at radius 2 is 0.900 bits per heavy atom. The van der Waals surface area contributed by atoms with E-state index < -0.39 is 20.2 Å². The second-order valence-electron chi connectivity index (χ2n) is 6.22. The molecule has 2 aromatic carbocycles. The molecular formula is C16H18N6O6S2. The van der Waals surface area contributed by atoms with E-state index in [-0.39, 0.29) is 9.79 Å².